The second-order valence-electron chi connectivity index (χ2n) is 5.50. The van der Waals surface area contributed by atoms with E-state index in [9.17, 15) is 4.79 Å². The van der Waals surface area contributed by atoms with Crippen molar-refractivity contribution in [3.63, 3.8) is 0 Å². The quantitative estimate of drug-likeness (QED) is 0.600. The summed E-state index contributed by atoms with van der Waals surface area (Å²) in [6.45, 7) is 7.61. The molecule has 1 rings (SSSR count). The van der Waals surface area contributed by atoms with Crippen molar-refractivity contribution in [1.29, 1.82) is 0 Å². The van der Waals surface area contributed by atoms with Crippen LogP contribution in [-0.2, 0) is 5.41 Å². The third-order valence-corrected chi connectivity index (χ3v) is 2.87. The third-order valence-electron chi connectivity index (χ3n) is 2.87. The Labute approximate surface area is 109 Å². The lowest BCUT2D eigenvalue weighted by Crippen LogP contribution is -2.24. The number of nitrogens with one attached hydrogen (secondary N) is 1. The number of carbonyl (C=O) groups is 1. The van der Waals surface area contributed by atoms with Gasteiger partial charge < -0.3 is 10.4 Å². The van der Waals surface area contributed by atoms with E-state index in [1.807, 2.05) is 24.3 Å². The molecule has 0 saturated carbocycles. The Morgan fingerprint density at radius 1 is 1.22 bits per heavy atom. The van der Waals surface area contributed by atoms with E-state index in [1.165, 1.54) is 5.56 Å². The van der Waals surface area contributed by atoms with Gasteiger partial charge in [-0.3, -0.25) is 4.79 Å². The molecular formula is C15H23NO2. The largest absolute Gasteiger partial charge is 0.396 e. The standard InChI is InChI=1S/C15H23NO2/c1-15(2,3)13-7-5-12(6-8-13)14(18)11-16-9-4-10-17/h5-8,16-17H,4,9-11H2,1-3H3. The van der Waals surface area contributed by atoms with Crippen LogP contribution in [0.15, 0.2) is 24.3 Å². The summed E-state index contributed by atoms with van der Waals surface area (Å²) in [5, 5.41) is 11.7. The first kappa shape index (κ1) is 14.9. The summed E-state index contributed by atoms with van der Waals surface area (Å²) in [4.78, 5) is 11.8. The van der Waals surface area contributed by atoms with E-state index in [0.717, 1.165) is 5.56 Å². The van der Waals surface area contributed by atoms with Crippen molar-refractivity contribution < 1.29 is 9.90 Å². The van der Waals surface area contributed by atoms with Crippen LogP contribution in [0.3, 0.4) is 0 Å². The van der Waals surface area contributed by atoms with Crippen LogP contribution < -0.4 is 5.32 Å². The first-order valence-corrected chi connectivity index (χ1v) is 6.40. The molecule has 0 bridgehead atoms. The smallest absolute Gasteiger partial charge is 0.176 e. The van der Waals surface area contributed by atoms with E-state index in [1.54, 1.807) is 0 Å². The summed E-state index contributed by atoms with van der Waals surface area (Å²) < 4.78 is 0. The lowest BCUT2D eigenvalue weighted by Gasteiger charge is -2.19. The summed E-state index contributed by atoms with van der Waals surface area (Å²) in [5.74, 6) is 0.0911. The lowest BCUT2D eigenvalue weighted by atomic mass is 9.86. The van der Waals surface area contributed by atoms with Gasteiger partial charge in [0, 0.05) is 12.2 Å². The van der Waals surface area contributed by atoms with Crippen molar-refractivity contribution in [2.24, 2.45) is 0 Å². The molecule has 0 radical (unpaired) electrons. The van der Waals surface area contributed by atoms with Gasteiger partial charge in [0.25, 0.3) is 0 Å². The highest BCUT2D eigenvalue weighted by Crippen LogP contribution is 2.22. The maximum Gasteiger partial charge on any atom is 0.176 e. The van der Waals surface area contributed by atoms with Crippen LogP contribution in [0.25, 0.3) is 0 Å². The molecule has 2 N–H and O–H groups in total. The van der Waals surface area contributed by atoms with Gasteiger partial charge >= 0.3 is 0 Å². The SMILES string of the molecule is CC(C)(C)c1ccc(C(=O)CNCCCO)cc1. The number of Topliss-reactive ketones (excluding diaryl/α,β-unsaturated/α-hetero) is 1. The van der Waals surface area contributed by atoms with Gasteiger partial charge in [-0.25, -0.2) is 0 Å². The molecule has 0 spiro atoms. The van der Waals surface area contributed by atoms with E-state index in [2.05, 4.69) is 26.1 Å². The van der Waals surface area contributed by atoms with Crippen LogP contribution in [0.2, 0.25) is 0 Å². The normalized spacial score (nSPS) is 11.6. The summed E-state index contributed by atoms with van der Waals surface area (Å²) >= 11 is 0. The van der Waals surface area contributed by atoms with Crippen LogP contribution in [0.4, 0.5) is 0 Å². The molecule has 3 nitrogen and oxygen atoms in total. The summed E-state index contributed by atoms with van der Waals surface area (Å²) in [7, 11) is 0. The van der Waals surface area contributed by atoms with Gasteiger partial charge in [0.05, 0.1) is 6.54 Å². The topological polar surface area (TPSA) is 49.3 Å². The molecule has 0 aromatic heterocycles. The van der Waals surface area contributed by atoms with Gasteiger partial charge in [-0.2, -0.15) is 0 Å². The van der Waals surface area contributed by atoms with Crippen molar-refractivity contribution in [3.05, 3.63) is 35.4 Å². The van der Waals surface area contributed by atoms with Gasteiger partial charge in [0.15, 0.2) is 5.78 Å². The second-order valence-corrected chi connectivity index (χ2v) is 5.50. The van der Waals surface area contributed by atoms with E-state index in [4.69, 9.17) is 5.11 Å². The van der Waals surface area contributed by atoms with Crippen molar-refractivity contribution in [2.45, 2.75) is 32.6 Å². The fourth-order valence-corrected chi connectivity index (χ4v) is 1.66. The predicted octanol–water partition coefficient (Wildman–Crippen LogP) is 2.14. The maximum atomic E-state index is 11.8. The number of carbonyl (C=O) groups excluding carboxylic acids is 1. The minimum Gasteiger partial charge on any atom is -0.396 e. The Balaban J connectivity index is 2.54. The van der Waals surface area contributed by atoms with Gasteiger partial charge in [-0.15, -0.1) is 0 Å². The van der Waals surface area contributed by atoms with Crippen LogP contribution in [-0.4, -0.2) is 30.6 Å². The Kier molecular flexibility index (Phi) is 5.51. The Morgan fingerprint density at radius 3 is 2.33 bits per heavy atom. The number of hydrogen-bond acceptors (Lipinski definition) is 3. The predicted molar refractivity (Wildman–Crippen MR) is 74.0 cm³/mol. The molecule has 100 valence electrons. The summed E-state index contributed by atoms with van der Waals surface area (Å²) in [6, 6.07) is 7.80. The number of aliphatic hydroxyl groups is 1. The molecule has 3 heteroatoms. The molecule has 1 aromatic carbocycles. The number of ketones is 1. The molecule has 0 aliphatic heterocycles. The molecule has 0 heterocycles. The van der Waals surface area contributed by atoms with Crippen LogP contribution in [0, 0.1) is 0 Å². The number of aliphatic hydroxyl groups excluding tert-OH is 1. The molecule has 0 atom stereocenters. The van der Waals surface area contributed by atoms with E-state index in [0.29, 0.717) is 19.5 Å². The van der Waals surface area contributed by atoms with Crippen molar-refractivity contribution in [2.75, 3.05) is 19.7 Å². The van der Waals surface area contributed by atoms with Crippen molar-refractivity contribution >= 4 is 5.78 Å². The monoisotopic (exact) mass is 249 g/mol. The third kappa shape index (κ3) is 4.59. The Bertz CT molecular complexity index is 376. The van der Waals surface area contributed by atoms with Gasteiger partial charge in [-0.05, 0) is 23.9 Å². The second kappa shape index (κ2) is 6.66. The number of rotatable bonds is 6. The molecule has 1 aromatic rings. The van der Waals surface area contributed by atoms with Crippen LogP contribution >= 0.6 is 0 Å². The highest BCUT2D eigenvalue weighted by Gasteiger charge is 2.14. The average molecular weight is 249 g/mol. The minimum absolute atomic E-state index is 0.0911. The van der Waals surface area contributed by atoms with Crippen molar-refractivity contribution in [1.82, 2.24) is 5.32 Å². The molecule has 18 heavy (non-hydrogen) atoms. The maximum absolute atomic E-state index is 11.8. The first-order chi connectivity index (χ1) is 8.45. The molecular weight excluding hydrogens is 226 g/mol. The zero-order valence-electron chi connectivity index (χ0n) is 11.5. The van der Waals surface area contributed by atoms with E-state index in [-0.39, 0.29) is 17.8 Å². The van der Waals surface area contributed by atoms with Gasteiger partial charge in [0.2, 0.25) is 0 Å². The molecule has 0 amide bonds. The van der Waals surface area contributed by atoms with Gasteiger partial charge in [-0.1, -0.05) is 45.0 Å². The number of hydrogen-bond donors (Lipinski definition) is 2. The molecule has 0 aliphatic rings. The van der Waals surface area contributed by atoms with Crippen LogP contribution in [0.1, 0.15) is 43.1 Å². The van der Waals surface area contributed by atoms with Crippen molar-refractivity contribution in [3.8, 4) is 0 Å². The van der Waals surface area contributed by atoms with Crippen LogP contribution in [0.5, 0.6) is 0 Å². The molecule has 0 fully saturated rings. The molecule has 0 aliphatic carbocycles. The lowest BCUT2D eigenvalue weighted by molar-refractivity contribution is 0.0990. The zero-order chi connectivity index (χ0) is 13.6. The minimum atomic E-state index is 0.0911. The molecule has 0 unspecified atom stereocenters. The summed E-state index contributed by atoms with van der Waals surface area (Å²) in [5.41, 5.74) is 2.08. The Hall–Kier alpha value is -1.19. The average Bonchev–Trinajstić information content (AvgIpc) is 2.33. The Morgan fingerprint density at radius 2 is 1.83 bits per heavy atom. The van der Waals surface area contributed by atoms with Gasteiger partial charge in [0.1, 0.15) is 0 Å². The highest BCUT2D eigenvalue weighted by molar-refractivity contribution is 5.97. The first-order valence-electron chi connectivity index (χ1n) is 6.40. The zero-order valence-corrected chi connectivity index (χ0v) is 11.5. The molecule has 0 saturated heterocycles. The van der Waals surface area contributed by atoms with E-state index >= 15 is 0 Å². The highest BCUT2D eigenvalue weighted by atomic mass is 16.3. The fourth-order valence-electron chi connectivity index (χ4n) is 1.66. The fraction of sp³-hybridized carbons (Fsp3) is 0.533. The number of benzene rings is 1. The summed E-state index contributed by atoms with van der Waals surface area (Å²) in [6.07, 6.45) is 0.677. The van der Waals surface area contributed by atoms with E-state index < -0.39 is 0 Å².